The first kappa shape index (κ1) is 32.9. The van der Waals surface area contributed by atoms with Gasteiger partial charge in [0.05, 0.1) is 8.07 Å². The van der Waals surface area contributed by atoms with Gasteiger partial charge < -0.3 is 0 Å². The lowest BCUT2D eigenvalue weighted by molar-refractivity contribution is 1.08. The monoisotopic (exact) mass is 715 g/mol. The van der Waals surface area contributed by atoms with Crippen molar-refractivity contribution < 1.29 is 0 Å². The van der Waals surface area contributed by atoms with Gasteiger partial charge in [0.25, 0.3) is 0 Å². The van der Waals surface area contributed by atoms with Gasteiger partial charge in [0.1, 0.15) is 0 Å². The molecule has 7 aromatic carbocycles. The molecule has 0 aliphatic carbocycles. The summed E-state index contributed by atoms with van der Waals surface area (Å²) in [5, 5.41) is 3.82. The van der Waals surface area contributed by atoms with E-state index < -0.39 is 8.07 Å². The number of thiophene rings is 1. The number of hydrogen-bond donors (Lipinski definition) is 0. The number of rotatable bonds is 7. The molecule has 0 aliphatic heterocycles. The van der Waals surface area contributed by atoms with Crippen molar-refractivity contribution in [1.82, 2.24) is 15.0 Å². The Morgan fingerprint density at radius 2 is 0.849 bits per heavy atom. The molecule has 0 atom stereocenters. The van der Waals surface area contributed by atoms with E-state index >= 15 is 0 Å². The van der Waals surface area contributed by atoms with Crippen LogP contribution in [0.4, 0.5) is 0 Å². The van der Waals surface area contributed by atoms with E-state index in [1.807, 2.05) is 47.7 Å². The fourth-order valence-electron chi connectivity index (χ4n) is 7.10. The van der Waals surface area contributed by atoms with Crippen LogP contribution in [-0.2, 0) is 0 Å². The van der Waals surface area contributed by atoms with Crippen LogP contribution < -0.4 is 5.19 Å². The Morgan fingerprint density at radius 1 is 0.377 bits per heavy atom. The summed E-state index contributed by atoms with van der Waals surface area (Å²) in [6.07, 6.45) is 0. The Labute approximate surface area is 315 Å². The summed E-state index contributed by atoms with van der Waals surface area (Å²) in [5.41, 5.74) is 10.1. The predicted octanol–water partition coefficient (Wildman–Crippen LogP) is 12.8. The van der Waals surface area contributed by atoms with Crippen LogP contribution in [0.3, 0.4) is 0 Å². The predicted molar refractivity (Wildman–Crippen MR) is 228 cm³/mol. The first-order chi connectivity index (χ1) is 25.9. The highest BCUT2D eigenvalue weighted by Crippen LogP contribution is 2.48. The third-order valence-electron chi connectivity index (χ3n) is 9.91. The van der Waals surface area contributed by atoms with E-state index in [4.69, 9.17) is 15.0 Å². The number of hydrogen-bond acceptors (Lipinski definition) is 4. The molecule has 5 heteroatoms. The van der Waals surface area contributed by atoms with Gasteiger partial charge in [-0.15, -0.1) is 11.3 Å². The van der Waals surface area contributed by atoms with Gasteiger partial charge >= 0.3 is 0 Å². The van der Waals surface area contributed by atoms with Crippen molar-refractivity contribution >= 4 is 44.8 Å². The molecule has 0 N–H and O–H groups in total. The summed E-state index contributed by atoms with van der Waals surface area (Å²) in [7, 11) is -1.46. The Morgan fingerprint density at radius 3 is 1.40 bits per heavy atom. The highest BCUT2D eigenvalue weighted by atomic mass is 32.1. The van der Waals surface area contributed by atoms with Crippen molar-refractivity contribution in [3.05, 3.63) is 170 Å². The smallest absolute Gasteiger partial charge is 0.164 e. The Balaban J connectivity index is 1.38. The summed E-state index contributed by atoms with van der Waals surface area (Å²) < 4.78 is 2.47. The molecule has 0 aliphatic rings. The Bertz CT molecular complexity index is 2660. The van der Waals surface area contributed by atoms with Crippen molar-refractivity contribution in [2.75, 3.05) is 0 Å². The van der Waals surface area contributed by atoms with Gasteiger partial charge in [0.15, 0.2) is 17.5 Å². The third-order valence-corrected chi connectivity index (χ3v) is 13.3. The molecule has 2 heterocycles. The summed E-state index contributed by atoms with van der Waals surface area (Å²) in [5.74, 6) is 1.97. The maximum absolute atomic E-state index is 5.23. The first-order valence-electron chi connectivity index (χ1n) is 18.0. The van der Waals surface area contributed by atoms with Crippen LogP contribution in [0.15, 0.2) is 170 Å². The lowest BCUT2D eigenvalue weighted by Crippen LogP contribution is -2.37. The molecule has 0 radical (unpaired) electrons. The molecule has 9 aromatic rings. The lowest BCUT2D eigenvalue weighted by atomic mass is 9.93. The van der Waals surface area contributed by atoms with Crippen LogP contribution in [-0.4, -0.2) is 23.0 Å². The summed E-state index contributed by atoms with van der Waals surface area (Å²) >= 11 is 1.87. The van der Waals surface area contributed by atoms with Gasteiger partial charge in [-0.1, -0.05) is 176 Å². The standard InChI is InChI=1S/C48H37N3SSi/c1-53(2,3)38-26-24-34(25-27-38)39-28-29-40(48-50-46(35-20-12-6-13-21-35)49-47(51-48)36-22-14-7-15-23-36)43-42-31-37(32-16-8-4-9-17-32)30-41(44(42)52-45(39)43)33-18-10-5-11-19-33/h4-31H,1-3H3. The molecule has 2 aromatic heterocycles. The van der Waals surface area contributed by atoms with E-state index in [-0.39, 0.29) is 0 Å². The maximum Gasteiger partial charge on any atom is 0.164 e. The van der Waals surface area contributed by atoms with Crippen molar-refractivity contribution in [3.8, 4) is 67.5 Å². The van der Waals surface area contributed by atoms with Crippen molar-refractivity contribution in [3.63, 3.8) is 0 Å². The Hall–Kier alpha value is -6.01. The molecular formula is C48H37N3SSi. The highest BCUT2D eigenvalue weighted by molar-refractivity contribution is 7.27. The van der Waals surface area contributed by atoms with Gasteiger partial charge in [0, 0.05) is 42.4 Å². The molecule has 0 bridgehead atoms. The zero-order chi connectivity index (χ0) is 35.9. The van der Waals surface area contributed by atoms with Crippen LogP contribution in [0.5, 0.6) is 0 Å². The number of benzene rings is 7. The first-order valence-corrected chi connectivity index (χ1v) is 22.3. The van der Waals surface area contributed by atoms with Gasteiger partial charge in [-0.05, 0) is 46.0 Å². The van der Waals surface area contributed by atoms with E-state index in [0.717, 1.165) is 22.1 Å². The summed E-state index contributed by atoms with van der Waals surface area (Å²) in [6, 6.07) is 60.4. The summed E-state index contributed by atoms with van der Waals surface area (Å²) in [4.78, 5) is 15.5. The zero-order valence-corrected chi connectivity index (χ0v) is 31.7. The minimum Gasteiger partial charge on any atom is -0.208 e. The van der Waals surface area contributed by atoms with Crippen LogP contribution >= 0.6 is 11.3 Å². The molecule has 53 heavy (non-hydrogen) atoms. The van der Waals surface area contributed by atoms with E-state index in [1.54, 1.807) is 0 Å². The second-order valence-electron chi connectivity index (χ2n) is 14.5. The van der Waals surface area contributed by atoms with Gasteiger partial charge in [-0.3, -0.25) is 0 Å². The molecule has 0 saturated heterocycles. The maximum atomic E-state index is 5.23. The average Bonchev–Trinajstić information content (AvgIpc) is 3.61. The van der Waals surface area contributed by atoms with Crippen molar-refractivity contribution in [2.45, 2.75) is 19.6 Å². The van der Waals surface area contributed by atoms with Crippen LogP contribution in [0, 0.1) is 0 Å². The highest BCUT2D eigenvalue weighted by Gasteiger charge is 2.23. The third kappa shape index (κ3) is 6.28. The molecule has 0 unspecified atom stereocenters. The Kier molecular flexibility index (Phi) is 8.38. The normalized spacial score (nSPS) is 11.7. The van der Waals surface area contributed by atoms with Crippen LogP contribution in [0.25, 0.3) is 87.7 Å². The second kappa shape index (κ2) is 13.5. The van der Waals surface area contributed by atoms with E-state index in [1.165, 1.54) is 53.4 Å². The fourth-order valence-corrected chi connectivity index (χ4v) is 9.65. The molecule has 0 spiro atoms. The quantitative estimate of drug-likeness (QED) is 0.154. The second-order valence-corrected chi connectivity index (χ2v) is 20.6. The van der Waals surface area contributed by atoms with Gasteiger partial charge in [-0.25, -0.2) is 15.0 Å². The number of nitrogens with zero attached hydrogens (tertiary/aromatic N) is 3. The van der Waals surface area contributed by atoms with Crippen LogP contribution in [0.2, 0.25) is 19.6 Å². The minimum absolute atomic E-state index is 0.656. The molecule has 254 valence electrons. The largest absolute Gasteiger partial charge is 0.208 e. The van der Waals surface area contributed by atoms with Gasteiger partial charge in [0.2, 0.25) is 0 Å². The van der Waals surface area contributed by atoms with Gasteiger partial charge in [-0.2, -0.15) is 0 Å². The minimum atomic E-state index is -1.46. The number of fused-ring (bicyclic) bond motifs is 3. The fraction of sp³-hybridized carbons (Fsp3) is 0.0625. The average molecular weight is 716 g/mol. The van der Waals surface area contributed by atoms with Crippen molar-refractivity contribution in [1.29, 1.82) is 0 Å². The lowest BCUT2D eigenvalue weighted by Gasteiger charge is -2.17. The molecule has 3 nitrogen and oxygen atoms in total. The van der Waals surface area contributed by atoms with Crippen LogP contribution in [0.1, 0.15) is 0 Å². The van der Waals surface area contributed by atoms with E-state index in [9.17, 15) is 0 Å². The van der Waals surface area contributed by atoms with E-state index in [2.05, 4.69) is 153 Å². The van der Waals surface area contributed by atoms with Crippen molar-refractivity contribution in [2.24, 2.45) is 0 Å². The SMILES string of the molecule is C[Si](C)(C)c1ccc(-c2ccc(-c3nc(-c4ccccc4)nc(-c4ccccc4)n3)c3c2sc2c(-c4ccccc4)cc(-c4ccccc4)cc23)cc1. The zero-order valence-electron chi connectivity index (χ0n) is 29.9. The summed E-state index contributed by atoms with van der Waals surface area (Å²) in [6.45, 7) is 7.20. The molecule has 0 saturated carbocycles. The van der Waals surface area contributed by atoms with E-state index in [0.29, 0.717) is 17.5 Å². The molecule has 0 fully saturated rings. The molecule has 9 rings (SSSR count). The topological polar surface area (TPSA) is 38.7 Å². The number of aromatic nitrogens is 3. The molecule has 0 amide bonds. The molecular weight excluding hydrogens is 679 g/mol.